The van der Waals surface area contributed by atoms with Crippen LogP contribution in [0.1, 0.15) is 277 Å². The highest BCUT2D eigenvalue weighted by Crippen LogP contribution is 2.16. The Labute approximate surface area is 355 Å². The van der Waals surface area contributed by atoms with E-state index in [0.717, 1.165) is 64.2 Å². The Balaban J connectivity index is 3.47. The zero-order chi connectivity index (χ0) is 41.5. The van der Waals surface area contributed by atoms with Crippen LogP contribution >= 0.6 is 0 Å². The van der Waals surface area contributed by atoms with E-state index in [0.29, 0.717) is 25.9 Å². The minimum absolute atomic E-state index is 0.00314. The summed E-state index contributed by atoms with van der Waals surface area (Å²) in [6, 6.07) is -0.551. The summed E-state index contributed by atoms with van der Waals surface area (Å²) in [6.45, 7) is 4.92. The largest absolute Gasteiger partial charge is 0.466 e. The van der Waals surface area contributed by atoms with E-state index >= 15 is 0 Å². The van der Waals surface area contributed by atoms with Crippen LogP contribution in [0.15, 0.2) is 12.2 Å². The molecule has 0 aromatic carbocycles. The first kappa shape index (κ1) is 55.6. The van der Waals surface area contributed by atoms with Gasteiger partial charge in [-0.3, -0.25) is 9.59 Å². The molecule has 0 spiro atoms. The molecule has 338 valence electrons. The lowest BCUT2D eigenvalue weighted by Gasteiger charge is -2.22. The average molecular weight is 806 g/mol. The number of allylic oxidation sites excluding steroid dienone is 2. The molecule has 0 radical (unpaired) electrons. The highest BCUT2D eigenvalue weighted by molar-refractivity contribution is 5.76. The fourth-order valence-electron chi connectivity index (χ4n) is 7.87. The summed E-state index contributed by atoms with van der Waals surface area (Å²) < 4.78 is 5.44. The number of nitrogens with one attached hydrogen (secondary N) is 1. The monoisotopic (exact) mass is 806 g/mol. The van der Waals surface area contributed by atoms with E-state index in [2.05, 4.69) is 31.3 Å². The fraction of sp³-hybridized carbons (Fsp3) is 0.922. The summed E-state index contributed by atoms with van der Waals surface area (Å²) in [7, 11) is 0. The Hall–Kier alpha value is -1.40. The maximum absolute atomic E-state index is 12.4. The molecule has 0 heterocycles. The maximum atomic E-state index is 12.4. The molecule has 6 nitrogen and oxygen atoms in total. The van der Waals surface area contributed by atoms with Gasteiger partial charge in [-0.15, -0.1) is 0 Å². The second kappa shape index (κ2) is 47.3. The maximum Gasteiger partial charge on any atom is 0.305 e. The molecule has 0 aliphatic rings. The first-order valence-electron chi connectivity index (χ1n) is 25.4. The van der Waals surface area contributed by atoms with Crippen molar-refractivity contribution in [2.75, 3.05) is 13.2 Å². The van der Waals surface area contributed by atoms with Gasteiger partial charge in [0.1, 0.15) is 0 Å². The Kier molecular flexibility index (Phi) is 46.1. The van der Waals surface area contributed by atoms with Crippen molar-refractivity contribution in [1.29, 1.82) is 0 Å². The third-order valence-electron chi connectivity index (χ3n) is 11.8. The van der Waals surface area contributed by atoms with E-state index in [1.54, 1.807) is 0 Å². The standard InChI is InChI=1S/C51H99NO5/c1-3-5-7-9-11-13-15-20-24-27-31-35-39-43-49(54)48(47-53)52-50(55)44-40-36-32-28-25-21-18-16-17-19-22-26-30-34-38-42-46-57-51(56)45-41-37-33-29-23-14-12-10-8-6-4-2/h16,18,48-49,53-54H,3-15,17,19-47H2,1-2H3,(H,52,55)/b18-16-. The number of amides is 1. The lowest BCUT2D eigenvalue weighted by molar-refractivity contribution is -0.143. The molecule has 0 aromatic heterocycles. The summed E-state index contributed by atoms with van der Waals surface area (Å²) in [5.74, 6) is -0.0549. The Bertz CT molecular complexity index is 847. The second-order valence-corrected chi connectivity index (χ2v) is 17.5. The Morgan fingerprint density at radius 3 is 1.25 bits per heavy atom. The smallest absolute Gasteiger partial charge is 0.305 e. The molecular formula is C51H99NO5. The van der Waals surface area contributed by atoms with Gasteiger partial charge in [-0.25, -0.2) is 0 Å². The molecule has 57 heavy (non-hydrogen) atoms. The third kappa shape index (κ3) is 44.0. The van der Waals surface area contributed by atoms with Gasteiger partial charge in [0.25, 0.3) is 0 Å². The first-order valence-corrected chi connectivity index (χ1v) is 25.4. The predicted molar refractivity (Wildman–Crippen MR) is 246 cm³/mol. The van der Waals surface area contributed by atoms with Crippen molar-refractivity contribution >= 4 is 11.9 Å². The highest BCUT2D eigenvalue weighted by Gasteiger charge is 2.20. The van der Waals surface area contributed by atoms with E-state index in [1.807, 2.05) is 0 Å². The summed E-state index contributed by atoms with van der Waals surface area (Å²) in [5, 5.41) is 23.2. The van der Waals surface area contributed by atoms with Crippen LogP contribution in [-0.2, 0) is 14.3 Å². The van der Waals surface area contributed by atoms with Crippen LogP contribution in [0.2, 0.25) is 0 Å². The van der Waals surface area contributed by atoms with Gasteiger partial charge in [-0.05, 0) is 51.4 Å². The van der Waals surface area contributed by atoms with Crippen LogP contribution in [0.5, 0.6) is 0 Å². The van der Waals surface area contributed by atoms with E-state index in [4.69, 9.17) is 4.74 Å². The summed E-state index contributed by atoms with van der Waals surface area (Å²) >= 11 is 0. The Morgan fingerprint density at radius 1 is 0.474 bits per heavy atom. The zero-order valence-corrected chi connectivity index (χ0v) is 38.3. The number of unbranched alkanes of at least 4 members (excludes halogenated alkanes) is 34. The second-order valence-electron chi connectivity index (χ2n) is 17.5. The molecule has 0 rings (SSSR count). The van der Waals surface area contributed by atoms with Crippen molar-refractivity contribution in [3.05, 3.63) is 12.2 Å². The van der Waals surface area contributed by atoms with Gasteiger partial charge in [-0.2, -0.15) is 0 Å². The topological polar surface area (TPSA) is 95.9 Å². The molecule has 1 amide bonds. The minimum atomic E-state index is -0.672. The molecule has 0 aliphatic carbocycles. The average Bonchev–Trinajstić information content (AvgIpc) is 3.21. The number of carbonyl (C=O) groups is 2. The van der Waals surface area contributed by atoms with Crippen LogP contribution in [0.25, 0.3) is 0 Å². The van der Waals surface area contributed by atoms with E-state index < -0.39 is 12.1 Å². The number of aliphatic hydroxyl groups excluding tert-OH is 2. The van der Waals surface area contributed by atoms with Gasteiger partial charge in [0, 0.05) is 12.8 Å². The molecule has 0 fully saturated rings. The minimum Gasteiger partial charge on any atom is -0.466 e. The zero-order valence-electron chi connectivity index (χ0n) is 38.3. The Morgan fingerprint density at radius 2 is 0.825 bits per heavy atom. The van der Waals surface area contributed by atoms with Crippen molar-refractivity contribution in [2.45, 2.75) is 289 Å². The number of aliphatic hydroxyl groups is 2. The number of carbonyl (C=O) groups excluding carboxylic acids is 2. The molecule has 2 unspecified atom stereocenters. The van der Waals surface area contributed by atoms with Crippen LogP contribution in [-0.4, -0.2) is 47.4 Å². The first-order chi connectivity index (χ1) is 28.0. The van der Waals surface area contributed by atoms with Gasteiger partial charge < -0.3 is 20.3 Å². The molecule has 2 atom stereocenters. The van der Waals surface area contributed by atoms with Crippen LogP contribution in [0.4, 0.5) is 0 Å². The SMILES string of the molecule is CCCCCCCCCCCCCCCC(O)C(CO)NC(=O)CCCCCCC/C=C\CCCCCCCCCOC(=O)CCCCCCCCCCCCC. The van der Waals surface area contributed by atoms with E-state index in [9.17, 15) is 19.8 Å². The van der Waals surface area contributed by atoms with Crippen molar-refractivity contribution in [3.63, 3.8) is 0 Å². The van der Waals surface area contributed by atoms with Crippen LogP contribution in [0.3, 0.4) is 0 Å². The number of ether oxygens (including phenoxy) is 1. The highest BCUT2D eigenvalue weighted by atomic mass is 16.5. The van der Waals surface area contributed by atoms with Gasteiger partial charge in [0.05, 0.1) is 25.4 Å². The van der Waals surface area contributed by atoms with Gasteiger partial charge >= 0.3 is 5.97 Å². The molecule has 0 saturated heterocycles. The lowest BCUT2D eigenvalue weighted by Crippen LogP contribution is -2.45. The summed E-state index contributed by atoms with van der Waals surface area (Å²) in [4.78, 5) is 24.4. The van der Waals surface area contributed by atoms with Gasteiger partial charge in [0.2, 0.25) is 5.91 Å². The van der Waals surface area contributed by atoms with Crippen LogP contribution in [0, 0.1) is 0 Å². The molecule has 6 heteroatoms. The van der Waals surface area contributed by atoms with Gasteiger partial charge in [-0.1, -0.05) is 225 Å². The summed E-state index contributed by atoms with van der Waals surface area (Å²) in [6.07, 6.45) is 53.2. The molecule has 0 bridgehead atoms. The van der Waals surface area contributed by atoms with Crippen LogP contribution < -0.4 is 5.32 Å². The lowest BCUT2D eigenvalue weighted by atomic mass is 10.0. The molecule has 0 aliphatic heterocycles. The third-order valence-corrected chi connectivity index (χ3v) is 11.8. The predicted octanol–water partition coefficient (Wildman–Crippen LogP) is 15.0. The van der Waals surface area contributed by atoms with Crippen molar-refractivity contribution in [3.8, 4) is 0 Å². The number of hydrogen-bond acceptors (Lipinski definition) is 5. The van der Waals surface area contributed by atoms with Crippen molar-refractivity contribution in [1.82, 2.24) is 5.32 Å². The molecule has 0 aromatic rings. The van der Waals surface area contributed by atoms with Gasteiger partial charge in [0.15, 0.2) is 0 Å². The summed E-state index contributed by atoms with van der Waals surface area (Å²) in [5.41, 5.74) is 0. The normalized spacial score (nSPS) is 12.7. The van der Waals surface area contributed by atoms with Crippen molar-refractivity contribution < 1.29 is 24.5 Å². The quantitative estimate of drug-likeness (QED) is 0.0323. The molecule has 0 saturated carbocycles. The fourth-order valence-corrected chi connectivity index (χ4v) is 7.87. The molecule has 3 N–H and O–H groups in total. The van der Waals surface area contributed by atoms with E-state index in [1.165, 1.54) is 180 Å². The van der Waals surface area contributed by atoms with E-state index in [-0.39, 0.29) is 18.5 Å². The molecular weight excluding hydrogens is 707 g/mol. The number of hydrogen-bond donors (Lipinski definition) is 3. The van der Waals surface area contributed by atoms with Crippen molar-refractivity contribution in [2.24, 2.45) is 0 Å². The number of esters is 1. The number of rotatable bonds is 47.